The van der Waals surface area contributed by atoms with Crippen LogP contribution in [0.25, 0.3) is 11.1 Å². The van der Waals surface area contributed by atoms with Crippen molar-refractivity contribution in [3.63, 3.8) is 0 Å². The third-order valence-corrected chi connectivity index (χ3v) is 2.72. The Morgan fingerprint density at radius 3 is 2.42 bits per heavy atom. The highest BCUT2D eigenvalue weighted by Crippen LogP contribution is 2.37. The molecule has 0 aliphatic rings. The first kappa shape index (κ1) is 13.3. The number of pyridine rings is 1. The Hall–Kier alpha value is -2.17. The highest BCUT2D eigenvalue weighted by atomic mass is 19.4. The lowest BCUT2D eigenvalue weighted by atomic mass is 9.95. The summed E-state index contributed by atoms with van der Waals surface area (Å²) in [4.78, 5) is 15.2. The third-order valence-electron chi connectivity index (χ3n) is 2.72. The summed E-state index contributed by atoms with van der Waals surface area (Å²) < 4.78 is 38.9. The number of rotatable bonds is 2. The fourth-order valence-corrected chi connectivity index (χ4v) is 1.88. The molecule has 2 aromatic rings. The summed E-state index contributed by atoms with van der Waals surface area (Å²) in [6.07, 6.45) is -2.27. The molecule has 5 heteroatoms. The maximum Gasteiger partial charge on any atom is 0.417 e. The molecule has 0 fully saturated rings. The Labute approximate surface area is 107 Å². The van der Waals surface area contributed by atoms with Crippen molar-refractivity contribution in [2.24, 2.45) is 0 Å². The topological polar surface area (TPSA) is 30.0 Å². The summed E-state index contributed by atoms with van der Waals surface area (Å²) in [6.45, 7) is 1.32. The number of halogens is 3. The highest BCUT2D eigenvalue weighted by Gasteiger charge is 2.34. The van der Waals surface area contributed by atoms with Gasteiger partial charge in [-0.3, -0.25) is 9.78 Å². The van der Waals surface area contributed by atoms with Crippen molar-refractivity contribution >= 4 is 5.78 Å². The molecule has 0 radical (unpaired) electrons. The number of aromatic nitrogens is 1. The fourth-order valence-electron chi connectivity index (χ4n) is 1.88. The van der Waals surface area contributed by atoms with Gasteiger partial charge in [0, 0.05) is 23.5 Å². The van der Waals surface area contributed by atoms with Crippen LogP contribution in [0, 0.1) is 0 Å². The molecule has 1 heterocycles. The van der Waals surface area contributed by atoms with Gasteiger partial charge < -0.3 is 0 Å². The third kappa shape index (κ3) is 2.65. The van der Waals surface area contributed by atoms with E-state index in [4.69, 9.17) is 0 Å². The number of nitrogens with zero attached hydrogens (tertiary/aromatic N) is 1. The minimum absolute atomic E-state index is 0.0826. The molecule has 0 amide bonds. The quantitative estimate of drug-likeness (QED) is 0.769. The molecule has 0 spiro atoms. The van der Waals surface area contributed by atoms with Crippen molar-refractivity contribution in [3.8, 4) is 11.1 Å². The second-order valence-corrected chi connectivity index (χ2v) is 4.02. The van der Waals surface area contributed by atoms with Crippen LogP contribution in [0.3, 0.4) is 0 Å². The van der Waals surface area contributed by atoms with Crippen LogP contribution in [0.2, 0.25) is 0 Å². The molecule has 0 saturated heterocycles. The van der Waals surface area contributed by atoms with E-state index in [0.29, 0.717) is 0 Å². The molecule has 0 N–H and O–H groups in total. The Morgan fingerprint density at radius 2 is 1.79 bits per heavy atom. The first-order valence-corrected chi connectivity index (χ1v) is 5.53. The summed E-state index contributed by atoms with van der Waals surface area (Å²) in [5, 5.41) is 0. The van der Waals surface area contributed by atoms with Crippen molar-refractivity contribution in [1.82, 2.24) is 4.98 Å². The molecule has 0 atom stereocenters. The summed E-state index contributed by atoms with van der Waals surface area (Å²) in [5.74, 6) is -0.285. The van der Waals surface area contributed by atoms with Gasteiger partial charge in [-0.15, -0.1) is 0 Å². The molecule has 0 bridgehead atoms. The van der Waals surface area contributed by atoms with Crippen molar-refractivity contribution in [3.05, 3.63) is 53.9 Å². The normalized spacial score (nSPS) is 11.4. The number of carbonyl (C=O) groups excluding carboxylic acids is 1. The van der Waals surface area contributed by atoms with Crippen LogP contribution in [0.5, 0.6) is 0 Å². The maximum absolute atomic E-state index is 13.0. The lowest BCUT2D eigenvalue weighted by Gasteiger charge is -2.14. The number of hydrogen-bond acceptors (Lipinski definition) is 2. The van der Waals surface area contributed by atoms with Crippen molar-refractivity contribution < 1.29 is 18.0 Å². The average molecular weight is 265 g/mol. The van der Waals surface area contributed by atoms with E-state index in [9.17, 15) is 18.0 Å². The predicted molar refractivity (Wildman–Crippen MR) is 64.7 cm³/mol. The van der Waals surface area contributed by atoms with E-state index in [1.54, 1.807) is 12.1 Å². The minimum atomic E-state index is -4.48. The SMILES string of the molecule is CC(=O)c1ccccc1-c1cnccc1C(F)(F)F. The number of carbonyl (C=O) groups is 1. The van der Waals surface area contributed by atoms with Crippen LogP contribution >= 0.6 is 0 Å². The van der Waals surface area contributed by atoms with Gasteiger partial charge in [0.25, 0.3) is 0 Å². The van der Waals surface area contributed by atoms with E-state index in [1.807, 2.05) is 0 Å². The van der Waals surface area contributed by atoms with E-state index in [0.717, 1.165) is 18.5 Å². The van der Waals surface area contributed by atoms with Crippen molar-refractivity contribution in [2.45, 2.75) is 13.1 Å². The zero-order valence-corrected chi connectivity index (χ0v) is 10.0. The summed E-state index contributed by atoms with van der Waals surface area (Å²) >= 11 is 0. The molecule has 1 aromatic carbocycles. The van der Waals surface area contributed by atoms with Gasteiger partial charge in [0.15, 0.2) is 5.78 Å². The van der Waals surface area contributed by atoms with E-state index in [2.05, 4.69) is 4.98 Å². The Balaban J connectivity index is 2.70. The van der Waals surface area contributed by atoms with E-state index in [-0.39, 0.29) is 22.5 Å². The molecule has 19 heavy (non-hydrogen) atoms. The van der Waals surface area contributed by atoms with Gasteiger partial charge in [-0.05, 0) is 18.6 Å². The first-order chi connectivity index (χ1) is 8.91. The second-order valence-electron chi connectivity index (χ2n) is 4.02. The predicted octanol–water partition coefficient (Wildman–Crippen LogP) is 3.97. The number of ketones is 1. The van der Waals surface area contributed by atoms with Crippen LogP contribution < -0.4 is 0 Å². The molecular weight excluding hydrogens is 255 g/mol. The van der Waals surface area contributed by atoms with Gasteiger partial charge in [-0.25, -0.2) is 0 Å². The minimum Gasteiger partial charge on any atom is -0.294 e. The van der Waals surface area contributed by atoms with Crippen LogP contribution in [-0.2, 0) is 6.18 Å². The van der Waals surface area contributed by atoms with Gasteiger partial charge in [0.1, 0.15) is 0 Å². The number of hydrogen-bond donors (Lipinski definition) is 0. The lowest BCUT2D eigenvalue weighted by molar-refractivity contribution is -0.137. The monoisotopic (exact) mass is 265 g/mol. The smallest absolute Gasteiger partial charge is 0.294 e. The van der Waals surface area contributed by atoms with Crippen LogP contribution in [0.15, 0.2) is 42.7 Å². The molecule has 0 saturated carbocycles. The van der Waals surface area contributed by atoms with E-state index >= 15 is 0 Å². The zero-order valence-electron chi connectivity index (χ0n) is 10.0. The standard InChI is InChI=1S/C14H10F3NO/c1-9(19)10-4-2-3-5-11(10)12-8-18-7-6-13(12)14(15,16)17/h2-8H,1H3. The van der Waals surface area contributed by atoms with Crippen LogP contribution in [-0.4, -0.2) is 10.8 Å². The molecule has 0 aliphatic heterocycles. The summed E-state index contributed by atoms with van der Waals surface area (Å²) in [6, 6.07) is 7.11. The Bertz CT molecular complexity index is 620. The Kier molecular flexibility index (Phi) is 3.38. The average Bonchev–Trinajstić information content (AvgIpc) is 2.37. The molecule has 2 nitrogen and oxygen atoms in total. The van der Waals surface area contributed by atoms with Crippen molar-refractivity contribution in [2.75, 3.05) is 0 Å². The van der Waals surface area contributed by atoms with Crippen LogP contribution in [0.4, 0.5) is 13.2 Å². The molecule has 98 valence electrons. The highest BCUT2D eigenvalue weighted by molar-refractivity contribution is 6.01. The van der Waals surface area contributed by atoms with Gasteiger partial charge in [0.05, 0.1) is 5.56 Å². The molecule has 0 unspecified atom stereocenters. The van der Waals surface area contributed by atoms with Gasteiger partial charge >= 0.3 is 6.18 Å². The van der Waals surface area contributed by atoms with E-state index in [1.165, 1.54) is 19.1 Å². The summed E-state index contributed by atoms with van der Waals surface area (Å²) in [5.41, 5.74) is -0.381. The summed E-state index contributed by atoms with van der Waals surface area (Å²) in [7, 11) is 0. The first-order valence-electron chi connectivity index (χ1n) is 5.53. The van der Waals surface area contributed by atoms with Crippen molar-refractivity contribution in [1.29, 1.82) is 0 Å². The van der Waals surface area contributed by atoms with Gasteiger partial charge in [-0.1, -0.05) is 24.3 Å². The van der Waals surface area contributed by atoms with E-state index < -0.39 is 11.7 Å². The number of alkyl halides is 3. The van der Waals surface area contributed by atoms with Crippen LogP contribution in [0.1, 0.15) is 22.8 Å². The lowest BCUT2D eigenvalue weighted by Crippen LogP contribution is -2.08. The van der Waals surface area contributed by atoms with Gasteiger partial charge in [-0.2, -0.15) is 13.2 Å². The second kappa shape index (κ2) is 4.84. The fraction of sp³-hybridized carbons (Fsp3) is 0.143. The zero-order chi connectivity index (χ0) is 14.0. The van der Waals surface area contributed by atoms with Gasteiger partial charge in [0.2, 0.25) is 0 Å². The molecular formula is C14H10F3NO. The largest absolute Gasteiger partial charge is 0.417 e. The maximum atomic E-state index is 13.0. The molecule has 2 rings (SSSR count). The molecule has 0 aliphatic carbocycles. The Morgan fingerprint density at radius 1 is 1.11 bits per heavy atom. The number of benzene rings is 1. The number of Topliss-reactive ketones (excluding diaryl/α,β-unsaturated/α-hetero) is 1. The molecule has 1 aromatic heterocycles.